The van der Waals surface area contributed by atoms with Crippen LogP contribution >= 0.6 is 0 Å². The van der Waals surface area contributed by atoms with E-state index in [1.54, 1.807) is 0 Å². The van der Waals surface area contributed by atoms with Gasteiger partial charge in [0.05, 0.1) is 0 Å². The molecule has 0 heterocycles. The van der Waals surface area contributed by atoms with Crippen molar-refractivity contribution in [1.29, 1.82) is 0 Å². The molecule has 0 aliphatic heterocycles. The standard InChI is InChI=1S/C58H41N/c1-5-16-42(17-6-1)43-30-35-51(36-31-43)59(53-27-13-26-50(40-53)56-29-15-25-48-24-14-28-55(58(48)56)46-20-9-3-10-21-46)52-37-32-44(33-38-52)49-34-39-54(45-18-7-2-8-19-45)57(41-49)47-22-11-4-12-23-47/h1-41H. The Bertz CT molecular complexity index is 2990. The molecule has 0 unspecified atom stereocenters. The Labute approximate surface area is 346 Å². The number of anilines is 3. The van der Waals surface area contributed by atoms with Crippen LogP contribution in [0.4, 0.5) is 17.1 Å². The van der Waals surface area contributed by atoms with Crippen molar-refractivity contribution in [2.45, 2.75) is 0 Å². The molecule has 10 aromatic carbocycles. The number of hydrogen-bond donors (Lipinski definition) is 0. The first-order valence-electron chi connectivity index (χ1n) is 20.3. The predicted octanol–water partition coefficient (Wildman–Crippen LogP) is 16.3. The molecule has 0 radical (unpaired) electrons. The normalized spacial score (nSPS) is 11.1. The fourth-order valence-corrected chi connectivity index (χ4v) is 8.39. The van der Waals surface area contributed by atoms with E-state index in [1.807, 2.05) is 0 Å². The molecule has 1 heteroatoms. The molecule has 0 spiro atoms. The first-order valence-corrected chi connectivity index (χ1v) is 20.3. The molecule has 10 aromatic rings. The van der Waals surface area contributed by atoms with Crippen LogP contribution in [-0.4, -0.2) is 0 Å². The molecule has 278 valence electrons. The predicted molar refractivity (Wildman–Crippen MR) is 251 cm³/mol. The van der Waals surface area contributed by atoms with Crippen LogP contribution in [0.25, 0.3) is 77.5 Å². The maximum atomic E-state index is 2.37. The molecule has 10 rings (SSSR count). The van der Waals surface area contributed by atoms with Gasteiger partial charge in [-0.1, -0.05) is 206 Å². The molecule has 0 aliphatic carbocycles. The van der Waals surface area contributed by atoms with Crippen molar-refractivity contribution in [3.63, 3.8) is 0 Å². The minimum atomic E-state index is 1.09. The zero-order valence-electron chi connectivity index (χ0n) is 32.6. The van der Waals surface area contributed by atoms with Gasteiger partial charge in [0.2, 0.25) is 0 Å². The van der Waals surface area contributed by atoms with E-state index in [2.05, 4.69) is 254 Å². The van der Waals surface area contributed by atoms with E-state index in [1.165, 1.54) is 77.5 Å². The Morgan fingerprint density at radius 1 is 0.203 bits per heavy atom. The van der Waals surface area contributed by atoms with E-state index in [0.29, 0.717) is 0 Å². The van der Waals surface area contributed by atoms with E-state index in [0.717, 1.165) is 17.1 Å². The van der Waals surface area contributed by atoms with Crippen molar-refractivity contribution in [2.75, 3.05) is 4.90 Å². The van der Waals surface area contributed by atoms with Gasteiger partial charge in [-0.2, -0.15) is 0 Å². The van der Waals surface area contributed by atoms with Crippen LogP contribution in [0.2, 0.25) is 0 Å². The van der Waals surface area contributed by atoms with Gasteiger partial charge in [0.15, 0.2) is 0 Å². The Balaban J connectivity index is 1.08. The number of fused-ring (bicyclic) bond motifs is 1. The van der Waals surface area contributed by atoms with Gasteiger partial charge in [0, 0.05) is 17.1 Å². The maximum Gasteiger partial charge on any atom is 0.0467 e. The number of benzene rings is 10. The Hall–Kier alpha value is -7.74. The minimum Gasteiger partial charge on any atom is -0.310 e. The highest BCUT2D eigenvalue weighted by atomic mass is 15.1. The third-order valence-electron chi connectivity index (χ3n) is 11.3. The summed E-state index contributed by atoms with van der Waals surface area (Å²) in [6.07, 6.45) is 0. The van der Waals surface area contributed by atoms with Crippen LogP contribution in [0.5, 0.6) is 0 Å². The molecule has 0 bridgehead atoms. The lowest BCUT2D eigenvalue weighted by molar-refractivity contribution is 1.28. The highest BCUT2D eigenvalue weighted by Crippen LogP contribution is 2.42. The highest BCUT2D eigenvalue weighted by molar-refractivity contribution is 6.06. The van der Waals surface area contributed by atoms with Crippen LogP contribution < -0.4 is 4.90 Å². The van der Waals surface area contributed by atoms with Crippen molar-refractivity contribution >= 4 is 27.8 Å². The van der Waals surface area contributed by atoms with E-state index in [9.17, 15) is 0 Å². The summed E-state index contributed by atoms with van der Waals surface area (Å²) in [6.45, 7) is 0. The number of nitrogens with zero attached hydrogens (tertiary/aromatic N) is 1. The second kappa shape index (κ2) is 16.0. The maximum absolute atomic E-state index is 2.37. The van der Waals surface area contributed by atoms with Crippen molar-refractivity contribution in [3.8, 4) is 66.8 Å². The molecule has 0 amide bonds. The van der Waals surface area contributed by atoms with Crippen molar-refractivity contribution in [2.24, 2.45) is 0 Å². The van der Waals surface area contributed by atoms with E-state index < -0.39 is 0 Å². The molecule has 59 heavy (non-hydrogen) atoms. The molecule has 0 aromatic heterocycles. The van der Waals surface area contributed by atoms with Gasteiger partial charge in [-0.15, -0.1) is 0 Å². The summed E-state index contributed by atoms with van der Waals surface area (Å²) >= 11 is 0. The summed E-state index contributed by atoms with van der Waals surface area (Å²) in [5.74, 6) is 0. The summed E-state index contributed by atoms with van der Waals surface area (Å²) in [7, 11) is 0. The molecule has 0 N–H and O–H groups in total. The van der Waals surface area contributed by atoms with Crippen molar-refractivity contribution in [1.82, 2.24) is 0 Å². The molecule has 0 atom stereocenters. The second-order valence-corrected chi connectivity index (χ2v) is 14.9. The van der Waals surface area contributed by atoms with Gasteiger partial charge < -0.3 is 4.90 Å². The number of hydrogen-bond acceptors (Lipinski definition) is 1. The Morgan fingerprint density at radius 2 is 0.610 bits per heavy atom. The average Bonchev–Trinajstić information content (AvgIpc) is 3.33. The van der Waals surface area contributed by atoms with Crippen LogP contribution in [0.15, 0.2) is 249 Å². The summed E-state index contributed by atoms with van der Waals surface area (Å²) in [5, 5.41) is 2.49. The smallest absolute Gasteiger partial charge is 0.0467 e. The first-order chi connectivity index (χ1) is 29.3. The average molecular weight is 752 g/mol. The highest BCUT2D eigenvalue weighted by Gasteiger charge is 2.17. The lowest BCUT2D eigenvalue weighted by Gasteiger charge is -2.27. The lowest BCUT2D eigenvalue weighted by Crippen LogP contribution is -2.10. The fourth-order valence-electron chi connectivity index (χ4n) is 8.39. The largest absolute Gasteiger partial charge is 0.310 e. The van der Waals surface area contributed by atoms with Crippen molar-refractivity contribution < 1.29 is 0 Å². The summed E-state index contributed by atoms with van der Waals surface area (Å²) < 4.78 is 0. The van der Waals surface area contributed by atoms with Crippen LogP contribution in [0.3, 0.4) is 0 Å². The SMILES string of the molecule is c1ccc(-c2ccc(N(c3ccc(-c4ccc(-c5ccccc5)c(-c5ccccc5)c4)cc3)c3cccc(-c4cccc5cccc(-c6ccccc6)c45)c3)cc2)cc1. The molecule has 0 fully saturated rings. The molecule has 0 saturated heterocycles. The van der Waals surface area contributed by atoms with Gasteiger partial charge in [0.25, 0.3) is 0 Å². The van der Waals surface area contributed by atoms with Crippen LogP contribution in [0.1, 0.15) is 0 Å². The Morgan fingerprint density at radius 3 is 1.17 bits per heavy atom. The van der Waals surface area contributed by atoms with Crippen molar-refractivity contribution in [3.05, 3.63) is 249 Å². The third kappa shape index (κ3) is 7.23. The van der Waals surface area contributed by atoms with E-state index in [-0.39, 0.29) is 0 Å². The fraction of sp³-hybridized carbons (Fsp3) is 0. The van der Waals surface area contributed by atoms with Crippen LogP contribution in [0, 0.1) is 0 Å². The third-order valence-corrected chi connectivity index (χ3v) is 11.3. The molecule has 0 saturated carbocycles. The summed E-state index contributed by atoms with van der Waals surface area (Å²) in [6, 6.07) is 89.7. The first kappa shape index (κ1) is 35.7. The zero-order valence-corrected chi connectivity index (χ0v) is 32.6. The Kier molecular flexibility index (Phi) is 9.68. The zero-order chi connectivity index (χ0) is 39.4. The van der Waals surface area contributed by atoms with Gasteiger partial charge >= 0.3 is 0 Å². The lowest BCUT2D eigenvalue weighted by atomic mass is 9.91. The van der Waals surface area contributed by atoms with Gasteiger partial charge in [-0.05, 0) is 120 Å². The second-order valence-electron chi connectivity index (χ2n) is 14.9. The van der Waals surface area contributed by atoms with Gasteiger partial charge in [0.1, 0.15) is 0 Å². The molecule has 1 nitrogen and oxygen atoms in total. The van der Waals surface area contributed by atoms with Crippen LogP contribution in [-0.2, 0) is 0 Å². The minimum absolute atomic E-state index is 1.09. The summed E-state index contributed by atoms with van der Waals surface area (Å²) in [4.78, 5) is 2.37. The quantitative estimate of drug-likeness (QED) is 0.142. The van der Waals surface area contributed by atoms with Gasteiger partial charge in [-0.25, -0.2) is 0 Å². The topological polar surface area (TPSA) is 3.24 Å². The van der Waals surface area contributed by atoms with Gasteiger partial charge in [-0.3, -0.25) is 0 Å². The molecular weight excluding hydrogens is 711 g/mol. The molecular formula is C58H41N. The number of rotatable bonds is 9. The summed E-state index contributed by atoms with van der Waals surface area (Å²) in [5.41, 5.74) is 17.7. The van der Waals surface area contributed by atoms with E-state index in [4.69, 9.17) is 0 Å². The monoisotopic (exact) mass is 751 g/mol. The van der Waals surface area contributed by atoms with E-state index >= 15 is 0 Å². The molecule has 0 aliphatic rings.